The van der Waals surface area contributed by atoms with Crippen LogP contribution in [0.2, 0.25) is 0 Å². The van der Waals surface area contributed by atoms with Gasteiger partial charge < -0.3 is 0 Å². The Morgan fingerprint density at radius 2 is 1.64 bits per heavy atom. The number of rotatable bonds is 1. The Balaban J connectivity index is 3.19. The molecule has 0 bridgehead atoms. The van der Waals surface area contributed by atoms with Gasteiger partial charge in [0.25, 0.3) is 0 Å². The number of halogens is 2. The zero-order chi connectivity index (χ0) is 8.43. The van der Waals surface area contributed by atoms with E-state index in [1.165, 1.54) is 0 Å². The zero-order valence-corrected chi connectivity index (χ0v) is 5.60. The van der Waals surface area contributed by atoms with Crippen LogP contribution in [0.25, 0.3) is 0 Å². The van der Waals surface area contributed by atoms with Crippen LogP contribution >= 0.6 is 0 Å². The summed E-state index contributed by atoms with van der Waals surface area (Å²) >= 11 is 0. The Hall–Kier alpha value is -1.25. The lowest BCUT2D eigenvalue weighted by Crippen LogP contribution is -1.94. The van der Waals surface area contributed by atoms with Gasteiger partial charge in [0.15, 0.2) is 5.78 Å². The Morgan fingerprint density at radius 1 is 1.18 bits per heavy atom. The van der Waals surface area contributed by atoms with Crippen LogP contribution in [0, 0.1) is 18.6 Å². The maximum absolute atomic E-state index is 12.4. The van der Waals surface area contributed by atoms with Crippen molar-refractivity contribution in [3.63, 3.8) is 0 Å². The average molecular weight is 155 g/mol. The summed E-state index contributed by atoms with van der Waals surface area (Å²) in [5.74, 6) is -2.13. The molecule has 0 spiro atoms. The minimum atomic E-state index is -0.767. The number of hydrogen-bond acceptors (Lipinski definition) is 1. The lowest BCUT2D eigenvalue weighted by atomic mass is 10.1. The van der Waals surface area contributed by atoms with Crippen molar-refractivity contribution >= 4 is 5.78 Å². The standard InChI is InChI=1S/C8H5F2O/c1-5(11)6-2-7(9)4-8(10)3-6/h2-4H,1H2. The predicted octanol–water partition coefficient (Wildman–Crippen LogP) is 1.98. The van der Waals surface area contributed by atoms with Crippen molar-refractivity contribution in [1.82, 2.24) is 0 Å². The molecule has 0 aliphatic carbocycles. The van der Waals surface area contributed by atoms with Gasteiger partial charge >= 0.3 is 0 Å². The molecule has 0 aliphatic heterocycles. The predicted molar refractivity (Wildman–Crippen MR) is 36.0 cm³/mol. The van der Waals surface area contributed by atoms with Crippen LogP contribution in [-0.4, -0.2) is 5.78 Å². The molecule has 1 rings (SSSR count). The quantitative estimate of drug-likeness (QED) is 0.567. The number of hydrogen-bond donors (Lipinski definition) is 0. The highest BCUT2D eigenvalue weighted by Crippen LogP contribution is 2.07. The first-order valence-corrected chi connectivity index (χ1v) is 2.92. The smallest absolute Gasteiger partial charge is 0.163 e. The van der Waals surface area contributed by atoms with Crippen LogP contribution in [0.1, 0.15) is 10.4 Å². The molecule has 11 heavy (non-hydrogen) atoms. The fraction of sp³-hybridized carbons (Fsp3) is 0. The maximum Gasteiger partial charge on any atom is 0.163 e. The Labute approximate surface area is 62.7 Å². The maximum atomic E-state index is 12.4. The second kappa shape index (κ2) is 2.78. The van der Waals surface area contributed by atoms with E-state index in [0.717, 1.165) is 12.1 Å². The van der Waals surface area contributed by atoms with Crippen LogP contribution in [0.3, 0.4) is 0 Å². The summed E-state index contributed by atoms with van der Waals surface area (Å²) < 4.78 is 24.7. The molecule has 0 N–H and O–H groups in total. The molecule has 3 heteroatoms. The van der Waals surface area contributed by atoms with Gasteiger partial charge in [0.2, 0.25) is 0 Å². The largest absolute Gasteiger partial charge is 0.294 e. The normalized spacial score (nSPS) is 9.73. The van der Waals surface area contributed by atoms with Gasteiger partial charge in [-0.05, 0) is 12.1 Å². The summed E-state index contributed by atoms with van der Waals surface area (Å²) in [4.78, 5) is 10.5. The number of carbonyl (C=O) groups excluding carboxylic acids is 1. The van der Waals surface area contributed by atoms with E-state index >= 15 is 0 Å². The Morgan fingerprint density at radius 3 is 2.00 bits per heavy atom. The Kier molecular flexibility index (Phi) is 1.98. The third kappa shape index (κ3) is 1.83. The van der Waals surface area contributed by atoms with E-state index in [4.69, 9.17) is 0 Å². The lowest BCUT2D eigenvalue weighted by molar-refractivity contribution is 0.104. The van der Waals surface area contributed by atoms with Gasteiger partial charge in [-0.1, -0.05) is 0 Å². The molecule has 0 atom stereocenters. The molecule has 0 heterocycles. The first-order chi connectivity index (χ1) is 5.09. The van der Waals surface area contributed by atoms with E-state index < -0.39 is 17.4 Å². The van der Waals surface area contributed by atoms with Gasteiger partial charge in [-0.2, -0.15) is 0 Å². The number of carbonyl (C=O) groups is 1. The molecular weight excluding hydrogens is 150 g/mol. The fourth-order valence-electron chi connectivity index (χ4n) is 0.715. The van der Waals surface area contributed by atoms with Crippen molar-refractivity contribution < 1.29 is 13.6 Å². The third-order valence-corrected chi connectivity index (χ3v) is 1.18. The van der Waals surface area contributed by atoms with E-state index in [0.29, 0.717) is 6.07 Å². The first kappa shape index (κ1) is 7.85. The van der Waals surface area contributed by atoms with E-state index in [-0.39, 0.29) is 5.56 Å². The molecule has 0 amide bonds. The highest BCUT2D eigenvalue weighted by Gasteiger charge is 2.03. The molecule has 1 nitrogen and oxygen atoms in total. The molecule has 1 aromatic rings. The summed E-state index contributed by atoms with van der Waals surface area (Å²) in [6, 6.07) is 2.59. The van der Waals surface area contributed by atoms with Crippen molar-refractivity contribution in [3.05, 3.63) is 42.3 Å². The van der Waals surface area contributed by atoms with Crippen LogP contribution in [0.4, 0.5) is 8.78 Å². The molecule has 57 valence electrons. The molecule has 0 saturated heterocycles. The SMILES string of the molecule is [CH2]C(=O)c1cc(F)cc(F)c1. The second-order valence-corrected chi connectivity index (χ2v) is 2.08. The monoisotopic (exact) mass is 155 g/mol. The van der Waals surface area contributed by atoms with Crippen molar-refractivity contribution in [2.75, 3.05) is 0 Å². The average Bonchev–Trinajstić information content (AvgIpc) is 1.85. The molecule has 0 aromatic heterocycles. The minimum absolute atomic E-state index is 0.0532. The number of ketones is 1. The second-order valence-electron chi connectivity index (χ2n) is 2.08. The first-order valence-electron chi connectivity index (χ1n) is 2.92. The molecule has 0 aliphatic rings. The molecule has 0 fully saturated rings. The summed E-state index contributed by atoms with van der Waals surface area (Å²) in [5, 5.41) is 0. The summed E-state index contributed by atoms with van der Waals surface area (Å²) in [6.45, 7) is 3.02. The summed E-state index contributed by atoms with van der Waals surface area (Å²) in [5.41, 5.74) is -0.0532. The highest BCUT2D eigenvalue weighted by atomic mass is 19.1. The van der Waals surface area contributed by atoms with Crippen LogP contribution in [-0.2, 0) is 0 Å². The molecular formula is C8H5F2O. The van der Waals surface area contributed by atoms with Gasteiger partial charge in [-0.25, -0.2) is 8.78 Å². The zero-order valence-electron chi connectivity index (χ0n) is 5.60. The van der Waals surface area contributed by atoms with Gasteiger partial charge in [-0.15, -0.1) is 0 Å². The summed E-state index contributed by atoms with van der Waals surface area (Å²) in [7, 11) is 0. The Bertz CT molecular complexity index is 274. The van der Waals surface area contributed by atoms with Crippen LogP contribution in [0.5, 0.6) is 0 Å². The van der Waals surface area contributed by atoms with Gasteiger partial charge in [0.05, 0.1) is 0 Å². The highest BCUT2D eigenvalue weighted by molar-refractivity contribution is 5.99. The van der Waals surface area contributed by atoms with E-state index in [1.807, 2.05) is 0 Å². The van der Waals surface area contributed by atoms with Gasteiger partial charge in [-0.3, -0.25) is 4.79 Å². The number of Topliss-reactive ketones (excluding diaryl/α,β-unsaturated/α-hetero) is 1. The van der Waals surface area contributed by atoms with Crippen molar-refractivity contribution in [2.45, 2.75) is 0 Å². The molecule has 0 saturated carbocycles. The lowest BCUT2D eigenvalue weighted by Gasteiger charge is -1.94. The summed E-state index contributed by atoms with van der Waals surface area (Å²) in [6.07, 6.45) is 0. The molecule has 1 radical (unpaired) electrons. The minimum Gasteiger partial charge on any atom is -0.294 e. The van der Waals surface area contributed by atoms with E-state index in [2.05, 4.69) is 6.92 Å². The number of benzene rings is 1. The fourth-order valence-corrected chi connectivity index (χ4v) is 0.715. The van der Waals surface area contributed by atoms with Gasteiger partial charge in [0, 0.05) is 18.6 Å². The van der Waals surface area contributed by atoms with E-state index in [9.17, 15) is 13.6 Å². The molecule has 0 unspecified atom stereocenters. The van der Waals surface area contributed by atoms with Crippen molar-refractivity contribution in [3.8, 4) is 0 Å². The van der Waals surface area contributed by atoms with Crippen molar-refractivity contribution in [1.29, 1.82) is 0 Å². The third-order valence-electron chi connectivity index (χ3n) is 1.18. The van der Waals surface area contributed by atoms with Crippen LogP contribution < -0.4 is 0 Å². The van der Waals surface area contributed by atoms with E-state index in [1.54, 1.807) is 0 Å². The van der Waals surface area contributed by atoms with Crippen LogP contribution in [0.15, 0.2) is 18.2 Å². The topological polar surface area (TPSA) is 17.1 Å². The molecule has 1 aromatic carbocycles. The van der Waals surface area contributed by atoms with Crippen molar-refractivity contribution in [2.24, 2.45) is 0 Å². The van der Waals surface area contributed by atoms with Gasteiger partial charge in [0.1, 0.15) is 11.6 Å².